The summed E-state index contributed by atoms with van der Waals surface area (Å²) in [5.41, 5.74) is 3.69. The summed E-state index contributed by atoms with van der Waals surface area (Å²) in [5.74, 6) is 0.566. The number of halogens is 3. The molecule has 0 saturated heterocycles. The Hall–Kier alpha value is -3.47. The molecule has 50 heavy (non-hydrogen) atoms. The smallest absolute Gasteiger partial charge is 0.384 e. The van der Waals surface area contributed by atoms with E-state index in [1.165, 1.54) is 6.08 Å². The third kappa shape index (κ3) is 19.6. The predicted octanol–water partition coefficient (Wildman–Crippen LogP) is 7.77. The first-order valence-corrected chi connectivity index (χ1v) is 27.5. The van der Waals surface area contributed by atoms with Crippen LogP contribution in [0.1, 0.15) is 57.4 Å². The molecule has 7 nitrogen and oxygen atoms in total. The van der Waals surface area contributed by atoms with Crippen LogP contribution in [0.25, 0.3) is 4.85 Å². The van der Waals surface area contributed by atoms with Crippen molar-refractivity contribution >= 4 is 49.5 Å². The van der Waals surface area contributed by atoms with Crippen LogP contribution in [0.3, 0.4) is 0 Å². The van der Waals surface area contributed by atoms with Crippen molar-refractivity contribution in [3.63, 3.8) is 0 Å². The van der Waals surface area contributed by atoms with Crippen LogP contribution in [0.2, 0.25) is 0 Å². The first-order chi connectivity index (χ1) is 23.4. The number of nitriles is 1. The van der Waals surface area contributed by atoms with Gasteiger partial charge in [-0.25, -0.2) is 11.4 Å². The molecule has 266 valence electrons. The van der Waals surface area contributed by atoms with Crippen molar-refractivity contribution in [1.29, 1.82) is 5.26 Å². The molecule has 10 heteroatoms. The van der Waals surface area contributed by atoms with Gasteiger partial charge in [0.2, 0.25) is 0 Å². The number of aldehydes is 1. The minimum Gasteiger partial charge on any atom is -0.476 e. The number of ether oxygens (including phenoxy) is 2. The summed E-state index contributed by atoms with van der Waals surface area (Å²) in [4.78, 5) is 23.0. The summed E-state index contributed by atoms with van der Waals surface area (Å²) in [5, 5.41) is 16.4. The molecule has 0 aromatic heterocycles. The van der Waals surface area contributed by atoms with Gasteiger partial charge in [0.15, 0.2) is 0 Å². The van der Waals surface area contributed by atoms with Gasteiger partial charge in [0.1, 0.15) is 31.0 Å². The largest absolute Gasteiger partial charge is 0.476 e. The van der Waals surface area contributed by atoms with Crippen molar-refractivity contribution < 1.29 is 37.4 Å². The van der Waals surface area contributed by atoms with Gasteiger partial charge in [-0.3, -0.25) is 0 Å². The molecule has 1 N–H and O–H groups in total. The standard InChI is InChI=1S/C19H19NO.C17H18O2.C3H3NO2.CH4.I3/c1-19(2,12-7-13-20)17-10-6-11-18(14-17)21-15-16-8-4-3-5-9-16;1-17(2,13-18)15-9-6-10-16(11-15)19-12-14-7-4-3-5-8-14;1-4-2-3(5)6;;1-3-2/h3-12,14H,15H2,1-2H3;3-11,13H,12H2,1-2H3;2H2,(H,5,6);1H4;/q;;;;-1/b12-7+;;;;. The van der Waals surface area contributed by atoms with E-state index in [1.54, 1.807) is 0 Å². The summed E-state index contributed by atoms with van der Waals surface area (Å²) in [6.07, 6.45) is 4.39. The first kappa shape index (κ1) is 46.5. The topological polar surface area (TPSA) is 101 Å². The zero-order chi connectivity index (χ0) is 36.5. The molecule has 0 aliphatic heterocycles. The van der Waals surface area contributed by atoms with E-state index in [-0.39, 0.29) is 12.8 Å². The van der Waals surface area contributed by atoms with Crippen molar-refractivity contribution in [2.24, 2.45) is 0 Å². The number of carboxylic acids is 1. The molecule has 0 aliphatic rings. The Morgan fingerprint density at radius 2 is 1.24 bits per heavy atom. The zero-order valence-electron chi connectivity index (χ0n) is 27.9. The Kier molecular flexibility index (Phi) is 24.5. The van der Waals surface area contributed by atoms with E-state index in [2.05, 4.69) is 62.0 Å². The van der Waals surface area contributed by atoms with E-state index >= 15 is 0 Å². The van der Waals surface area contributed by atoms with Crippen LogP contribution >= 0.6 is 37.2 Å². The molecule has 0 bridgehead atoms. The fourth-order valence-electron chi connectivity index (χ4n) is 3.93. The second kappa shape index (κ2) is 26.4. The van der Waals surface area contributed by atoms with Crippen molar-refractivity contribution in [1.82, 2.24) is 0 Å². The Morgan fingerprint density at radius 1 is 0.820 bits per heavy atom. The van der Waals surface area contributed by atoms with Crippen LogP contribution in [0.5, 0.6) is 11.5 Å². The van der Waals surface area contributed by atoms with Gasteiger partial charge in [-0.1, -0.05) is 112 Å². The summed E-state index contributed by atoms with van der Waals surface area (Å²) < 4.78 is 11.6. The van der Waals surface area contributed by atoms with Crippen LogP contribution in [0, 0.1) is 17.9 Å². The maximum absolute atomic E-state index is 11.1. The third-order valence-electron chi connectivity index (χ3n) is 6.74. The molecule has 0 spiro atoms. The van der Waals surface area contributed by atoms with Crippen LogP contribution in [0.4, 0.5) is 0 Å². The van der Waals surface area contributed by atoms with Gasteiger partial charge in [0, 0.05) is 16.9 Å². The van der Waals surface area contributed by atoms with Gasteiger partial charge in [-0.05, 0) is 60.4 Å². The van der Waals surface area contributed by atoms with Crippen LogP contribution in [0.15, 0.2) is 121 Å². The van der Waals surface area contributed by atoms with Crippen molar-refractivity contribution in [3.8, 4) is 17.6 Å². The molecule has 0 radical (unpaired) electrons. The molecule has 0 heterocycles. The average molecular weight is 1010 g/mol. The first-order valence-electron chi connectivity index (χ1n) is 14.9. The Bertz CT molecular complexity index is 1670. The van der Waals surface area contributed by atoms with E-state index in [9.17, 15) is 9.59 Å². The predicted molar refractivity (Wildman–Crippen MR) is 215 cm³/mol. The summed E-state index contributed by atoms with van der Waals surface area (Å²) in [6, 6.07) is 37.9. The van der Waals surface area contributed by atoms with E-state index in [4.69, 9.17) is 26.4 Å². The van der Waals surface area contributed by atoms with E-state index < -0.39 is 17.9 Å². The fourth-order valence-corrected chi connectivity index (χ4v) is 3.93. The fraction of sp³-hybridized carbons (Fsp3) is 0.250. The van der Waals surface area contributed by atoms with Gasteiger partial charge in [0.25, 0.3) is 0 Å². The minimum absolute atomic E-state index is 0. The molecule has 4 aromatic rings. The Labute approximate surface area is 327 Å². The Balaban J connectivity index is 0.000000764. The third-order valence-corrected chi connectivity index (χ3v) is 6.74. The van der Waals surface area contributed by atoms with Crippen LogP contribution in [-0.4, -0.2) is 23.9 Å². The maximum Gasteiger partial charge on any atom is 0.384 e. The molecule has 0 amide bonds. The molecular weight excluding hydrogens is 969 g/mol. The SMILES string of the molecule is C.CC(C)(/C=C/C#N)c1cccc(OCc2ccccc2)c1.CC(C)(C=O)c1cccc(OCc2ccccc2)c1.I[I-]I.[C-]#[N+]CC(=O)O. The average Bonchev–Trinajstić information content (AvgIpc) is 3.11. The van der Waals surface area contributed by atoms with Gasteiger partial charge in [-0.2, -0.15) is 5.26 Å². The molecule has 4 aromatic carbocycles. The van der Waals surface area contributed by atoms with Gasteiger partial charge in [0.05, 0.1) is 6.07 Å². The number of rotatable bonds is 11. The quantitative estimate of drug-likeness (QED) is 0.0714. The summed E-state index contributed by atoms with van der Waals surface area (Å²) in [7, 11) is 0. The second-order valence-corrected chi connectivity index (χ2v) is 27.6. The number of aliphatic carboxylic acids is 1. The van der Waals surface area contributed by atoms with Crippen LogP contribution < -0.4 is 22.7 Å². The molecule has 0 saturated carbocycles. The van der Waals surface area contributed by atoms with Crippen LogP contribution in [-0.2, 0) is 33.6 Å². The van der Waals surface area contributed by atoms with Gasteiger partial charge < -0.3 is 24.2 Å². The number of hydrogen-bond donors (Lipinski definition) is 1. The van der Waals surface area contributed by atoms with Crippen molar-refractivity contribution in [3.05, 3.63) is 155 Å². The van der Waals surface area contributed by atoms with Crippen molar-refractivity contribution in [2.45, 2.75) is 59.2 Å². The molecule has 0 atom stereocenters. The molecule has 0 unspecified atom stereocenters. The van der Waals surface area contributed by atoms with Gasteiger partial charge in [-0.15, -0.1) is 0 Å². The number of benzene rings is 4. The summed E-state index contributed by atoms with van der Waals surface area (Å²) >= 11 is 5.30. The molecule has 4 rings (SSSR count). The number of hydrogen-bond acceptors (Lipinski definition) is 5. The number of allylic oxidation sites excluding steroid dienone is 2. The molecular formula is C40H44I3N2O5-. The van der Waals surface area contributed by atoms with E-state index in [0.29, 0.717) is 26.5 Å². The number of carbonyl (C=O) groups is 2. The van der Waals surface area contributed by atoms with E-state index in [1.807, 2.05) is 129 Å². The number of carbonyl (C=O) groups excluding carboxylic acids is 1. The van der Waals surface area contributed by atoms with E-state index in [0.717, 1.165) is 40.0 Å². The summed E-state index contributed by atoms with van der Waals surface area (Å²) in [6.45, 7) is 14.6. The zero-order valence-corrected chi connectivity index (χ0v) is 34.3. The normalized spacial score (nSPS) is 10.2. The maximum atomic E-state index is 11.1. The monoisotopic (exact) mass is 1010 g/mol. The second-order valence-electron chi connectivity index (χ2n) is 11.4. The number of nitrogens with zero attached hydrogens (tertiary/aromatic N) is 2. The minimum atomic E-state index is -1.06. The van der Waals surface area contributed by atoms with Crippen molar-refractivity contribution in [2.75, 3.05) is 6.54 Å². The molecule has 0 fully saturated rings. The number of carboxylic acid groups (broad SMARTS) is 1. The Morgan fingerprint density at radius 3 is 1.58 bits per heavy atom. The molecule has 0 aliphatic carbocycles. The van der Waals surface area contributed by atoms with Gasteiger partial charge >= 0.3 is 63.0 Å².